The molecule has 1 heteroatoms. The van der Waals surface area contributed by atoms with Crippen LogP contribution in [0.3, 0.4) is 0 Å². The van der Waals surface area contributed by atoms with Crippen LogP contribution in [0.5, 0.6) is 0 Å². The number of fused-ring (bicyclic) bond motifs is 6. The number of nitrogens with zero attached hydrogens (tertiary/aromatic N) is 1. The molecule has 1 nitrogen and oxygen atoms in total. The third-order valence-corrected chi connectivity index (χ3v) is 10.7. The van der Waals surface area contributed by atoms with Gasteiger partial charge in [-0.2, -0.15) is 0 Å². The second-order valence-electron chi connectivity index (χ2n) is 16.1. The van der Waals surface area contributed by atoms with Gasteiger partial charge in [0, 0.05) is 18.2 Å². The summed E-state index contributed by atoms with van der Waals surface area (Å²) in [5.41, 5.74) is 16.8. The summed E-state index contributed by atoms with van der Waals surface area (Å²) in [7, 11) is 1.86. The van der Waals surface area contributed by atoms with Crippen molar-refractivity contribution in [3.05, 3.63) is 162 Å². The van der Waals surface area contributed by atoms with Crippen molar-refractivity contribution in [1.29, 1.82) is 0 Å². The first-order chi connectivity index (χ1) is 24.4. The zero-order chi connectivity index (χ0) is 35.7. The molecule has 1 aliphatic rings. The number of allylic oxidation sites excluding steroid dienone is 1. The SMILES string of the molecule is C=C1C(=NC)c2ccccc2-c2ccc(-c3cccc(-c4ccc5c(c4)cc(-c4cc(C(C)(C)C)cc(C(C)(C)C)c4)c4ccccc45)c3)cc21. The van der Waals surface area contributed by atoms with Crippen molar-refractivity contribution in [1.82, 2.24) is 0 Å². The van der Waals surface area contributed by atoms with Crippen LogP contribution in [0, 0.1) is 0 Å². The summed E-state index contributed by atoms with van der Waals surface area (Å²) in [6.07, 6.45) is 0. The molecular weight excluding hydrogens is 615 g/mol. The molecule has 51 heavy (non-hydrogen) atoms. The first kappa shape index (κ1) is 32.7. The average Bonchev–Trinajstić information content (AvgIpc) is 3.13. The van der Waals surface area contributed by atoms with Crippen molar-refractivity contribution in [3.8, 4) is 44.5 Å². The average molecular weight is 660 g/mol. The van der Waals surface area contributed by atoms with Gasteiger partial charge in [-0.05, 0) is 118 Å². The van der Waals surface area contributed by atoms with Crippen LogP contribution in [0.15, 0.2) is 145 Å². The van der Waals surface area contributed by atoms with E-state index in [0.29, 0.717) is 0 Å². The van der Waals surface area contributed by atoms with E-state index >= 15 is 0 Å². The molecule has 0 heterocycles. The predicted molar refractivity (Wildman–Crippen MR) is 222 cm³/mol. The summed E-state index contributed by atoms with van der Waals surface area (Å²) in [5.74, 6) is 0. The zero-order valence-electron chi connectivity index (χ0n) is 30.9. The van der Waals surface area contributed by atoms with E-state index < -0.39 is 0 Å². The molecule has 0 saturated carbocycles. The van der Waals surface area contributed by atoms with Gasteiger partial charge in [-0.25, -0.2) is 0 Å². The summed E-state index contributed by atoms with van der Waals surface area (Å²) in [5, 5.41) is 5.10. The molecule has 0 bridgehead atoms. The lowest BCUT2D eigenvalue weighted by Crippen LogP contribution is -2.16. The highest BCUT2D eigenvalue weighted by atomic mass is 14.7. The lowest BCUT2D eigenvalue weighted by Gasteiger charge is -2.26. The largest absolute Gasteiger partial charge is 0.287 e. The van der Waals surface area contributed by atoms with E-state index in [1.54, 1.807) is 0 Å². The molecule has 0 atom stereocenters. The smallest absolute Gasteiger partial charge is 0.0722 e. The minimum absolute atomic E-state index is 0.0442. The molecule has 0 spiro atoms. The van der Waals surface area contributed by atoms with E-state index in [4.69, 9.17) is 0 Å². The molecule has 7 aromatic rings. The Morgan fingerprint density at radius 2 is 0.980 bits per heavy atom. The second kappa shape index (κ2) is 12.1. The van der Waals surface area contributed by atoms with Crippen molar-refractivity contribution >= 4 is 32.8 Å². The summed E-state index contributed by atoms with van der Waals surface area (Å²) in [6, 6.07) is 49.7. The van der Waals surface area contributed by atoms with E-state index in [-0.39, 0.29) is 10.8 Å². The molecule has 8 rings (SSSR count). The number of rotatable bonds is 3. The zero-order valence-corrected chi connectivity index (χ0v) is 30.9. The van der Waals surface area contributed by atoms with Gasteiger partial charge in [-0.1, -0.05) is 157 Å². The number of hydrogen-bond donors (Lipinski definition) is 0. The molecule has 0 saturated heterocycles. The van der Waals surface area contributed by atoms with E-state index in [2.05, 4.69) is 187 Å². The summed E-state index contributed by atoms with van der Waals surface area (Å²) in [4.78, 5) is 4.64. The van der Waals surface area contributed by atoms with Gasteiger partial charge in [0.2, 0.25) is 0 Å². The topological polar surface area (TPSA) is 12.4 Å². The van der Waals surface area contributed by atoms with Gasteiger partial charge in [0.05, 0.1) is 5.71 Å². The fraction of sp³-hybridized carbons (Fsp3) is 0.180. The quantitative estimate of drug-likeness (QED) is 0.167. The Kier molecular flexibility index (Phi) is 7.72. The van der Waals surface area contributed by atoms with E-state index in [0.717, 1.165) is 22.4 Å². The molecule has 7 aromatic carbocycles. The van der Waals surface area contributed by atoms with Gasteiger partial charge in [0.1, 0.15) is 0 Å². The highest BCUT2D eigenvalue weighted by Crippen LogP contribution is 2.43. The minimum atomic E-state index is 0.0442. The molecular formula is C50H45N. The van der Waals surface area contributed by atoms with Gasteiger partial charge in [-0.15, -0.1) is 0 Å². The first-order valence-electron chi connectivity index (χ1n) is 18.0. The Morgan fingerprint density at radius 3 is 1.65 bits per heavy atom. The van der Waals surface area contributed by atoms with Crippen molar-refractivity contribution in [2.75, 3.05) is 7.05 Å². The maximum absolute atomic E-state index is 4.64. The second-order valence-corrected chi connectivity index (χ2v) is 16.1. The van der Waals surface area contributed by atoms with Gasteiger partial charge in [0.25, 0.3) is 0 Å². The Morgan fingerprint density at radius 1 is 0.412 bits per heavy atom. The Bertz CT molecular complexity index is 2530. The van der Waals surface area contributed by atoms with Gasteiger partial charge in [-0.3, -0.25) is 4.99 Å². The lowest BCUT2D eigenvalue weighted by molar-refractivity contribution is 0.569. The number of aliphatic imine (C=N–C) groups is 1. The van der Waals surface area contributed by atoms with Crippen LogP contribution in [-0.2, 0) is 10.8 Å². The molecule has 250 valence electrons. The third-order valence-electron chi connectivity index (χ3n) is 10.7. The molecule has 0 fully saturated rings. The van der Waals surface area contributed by atoms with Crippen LogP contribution >= 0.6 is 0 Å². The van der Waals surface area contributed by atoms with E-state index in [1.807, 2.05) is 7.05 Å². The molecule has 0 N–H and O–H groups in total. The van der Waals surface area contributed by atoms with E-state index in [1.165, 1.54) is 77.2 Å². The standard InChI is InChI=1S/C50H45N/c1-31-46-28-35(21-23-44(46)42-17-11-12-19-45(42)48(31)51-8)33-15-13-14-32(24-33)34-20-22-40-36(25-34)29-47(43-18-10-9-16-41(40)43)37-26-38(49(2,3)4)30-39(27-37)50(5,6)7/h9-30H,1H2,2-8H3. The first-order valence-corrected chi connectivity index (χ1v) is 18.0. The molecule has 1 aliphatic carbocycles. The fourth-order valence-corrected chi connectivity index (χ4v) is 7.74. The maximum atomic E-state index is 4.64. The van der Waals surface area contributed by atoms with Crippen LogP contribution in [0.2, 0.25) is 0 Å². The maximum Gasteiger partial charge on any atom is 0.0722 e. The fourth-order valence-electron chi connectivity index (χ4n) is 7.74. The Hall–Kier alpha value is -5.53. The number of benzene rings is 7. The van der Waals surface area contributed by atoms with Crippen LogP contribution in [0.4, 0.5) is 0 Å². The lowest BCUT2D eigenvalue weighted by atomic mass is 9.78. The van der Waals surface area contributed by atoms with Gasteiger partial charge in [0.15, 0.2) is 0 Å². The minimum Gasteiger partial charge on any atom is -0.287 e. The molecule has 0 aliphatic heterocycles. The molecule has 0 amide bonds. The molecule has 0 aromatic heterocycles. The van der Waals surface area contributed by atoms with Crippen molar-refractivity contribution in [2.24, 2.45) is 4.99 Å². The van der Waals surface area contributed by atoms with Crippen LogP contribution < -0.4 is 0 Å². The predicted octanol–water partition coefficient (Wildman–Crippen LogP) is 13.7. The van der Waals surface area contributed by atoms with Crippen LogP contribution in [-0.4, -0.2) is 12.8 Å². The highest BCUT2D eigenvalue weighted by Gasteiger charge is 2.25. The van der Waals surface area contributed by atoms with Gasteiger partial charge >= 0.3 is 0 Å². The summed E-state index contributed by atoms with van der Waals surface area (Å²) < 4.78 is 0. The molecule has 0 unspecified atom stereocenters. The summed E-state index contributed by atoms with van der Waals surface area (Å²) in [6.45, 7) is 18.4. The Balaban J connectivity index is 1.25. The van der Waals surface area contributed by atoms with Crippen molar-refractivity contribution in [3.63, 3.8) is 0 Å². The van der Waals surface area contributed by atoms with Crippen LogP contribution in [0.25, 0.3) is 71.6 Å². The molecule has 0 radical (unpaired) electrons. The number of hydrogen-bond acceptors (Lipinski definition) is 1. The van der Waals surface area contributed by atoms with Crippen molar-refractivity contribution < 1.29 is 0 Å². The van der Waals surface area contributed by atoms with E-state index in [9.17, 15) is 0 Å². The third kappa shape index (κ3) is 5.71. The van der Waals surface area contributed by atoms with Gasteiger partial charge < -0.3 is 0 Å². The Labute approximate surface area is 303 Å². The normalized spacial score (nSPS) is 13.9. The van der Waals surface area contributed by atoms with Crippen LogP contribution in [0.1, 0.15) is 63.8 Å². The monoisotopic (exact) mass is 659 g/mol. The summed E-state index contributed by atoms with van der Waals surface area (Å²) >= 11 is 0. The van der Waals surface area contributed by atoms with Crippen molar-refractivity contribution in [2.45, 2.75) is 52.4 Å². The highest BCUT2D eigenvalue weighted by molar-refractivity contribution is 6.36.